The van der Waals surface area contributed by atoms with Gasteiger partial charge in [-0.1, -0.05) is 28.4 Å². The summed E-state index contributed by atoms with van der Waals surface area (Å²) >= 11 is 11.6. The van der Waals surface area contributed by atoms with Crippen LogP contribution in [0.3, 0.4) is 0 Å². The van der Waals surface area contributed by atoms with Crippen LogP contribution in [0.25, 0.3) is 5.69 Å². The molecular weight excluding hydrogens is 306 g/mol. The summed E-state index contributed by atoms with van der Waals surface area (Å²) in [4.78, 5) is 11.0. The van der Waals surface area contributed by atoms with E-state index in [-0.39, 0.29) is 10.7 Å². The third-order valence-electron chi connectivity index (χ3n) is 2.14. The molecule has 0 bridgehead atoms. The predicted molar refractivity (Wildman–Crippen MR) is 61.8 cm³/mol. The lowest BCUT2D eigenvalue weighted by molar-refractivity contribution is -0.0888. The van der Waals surface area contributed by atoms with Gasteiger partial charge in [-0.25, -0.2) is 4.68 Å². The highest BCUT2D eigenvalue weighted by atomic mass is 35.5. The minimum absolute atomic E-state index is 0.209. The first kappa shape index (κ1) is 13.8. The van der Waals surface area contributed by atoms with Gasteiger partial charge in [0.1, 0.15) is 0 Å². The first-order chi connectivity index (χ1) is 8.79. The summed E-state index contributed by atoms with van der Waals surface area (Å²) in [5.74, 6) is -2.07. The van der Waals surface area contributed by atoms with Crippen LogP contribution >= 0.6 is 23.2 Å². The van der Waals surface area contributed by atoms with E-state index in [1.54, 1.807) is 0 Å². The number of Topliss-reactive ketones (excluding diaryl/α,β-unsaturated/α-hetero) is 1. The van der Waals surface area contributed by atoms with E-state index in [1.165, 1.54) is 18.2 Å². The van der Waals surface area contributed by atoms with Gasteiger partial charge >= 0.3 is 6.18 Å². The SMILES string of the molecule is O=C(c1cn(-c2cc(Cl)ccc2Cl)nn1)C(F)(F)F. The number of carbonyl (C=O) groups excluding carboxylic acids is 1. The van der Waals surface area contributed by atoms with Crippen molar-refractivity contribution in [2.24, 2.45) is 0 Å². The molecule has 0 aliphatic carbocycles. The maximum absolute atomic E-state index is 12.2. The molecule has 0 aliphatic heterocycles. The van der Waals surface area contributed by atoms with Crippen molar-refractivity contribution < 1.29 is 18.0 Å². The number of nitrogens with zero attached hydrogens (tertiary/aromatic N) is 3. The van der Waals surface area contributed by atoms with Gasteiger partial charge in [-0.15, -0.1) is 5.10 Å². The van der Waals surface area contributed by atoms with Crippen LogP contribution in [0, 0.1) is 0 Å². The number of ketones is 1. The standard InChI is InChI=1S/C10H4Cl2F3N3O/c11-5-1-2-6(12)8(3-5)18-4-7(16-17-18)9(19)10(13,14)15/h1-4H. The molecular formula is C10H4Cl2F3N3O. The monoisotopic (exact) mass is 309 g/mol. The summed E-state index contributed by atoms with van der Waals surface area (Å²) in [5, 5.41) is 7.12. The van der Waals surface area contributed by atoms with Gasteiger partial charge < -0.3 is 0 Å². The fraction of sp³-hybridized carbons (Fsp3) is 0.100. The van der Waals surface area contributed by atoms with Crippen LogP contribution in [0.15, 0.2) is 24.4 Å². The smallest absolute Gasteiger partial charge is 0.282 e. The molecule has 2 rings (SSSR count). The van der Waals surface area contributed by atoms with E-state index in [2.05, 4.69) is 10.3 Å². The Labute approximate surface area is 114 Å². The van der Waals surface area contributed by atoms with Gasteiger partial charge in [0.05, 0.1) is 16.9 Å². The first-order valence-corrected chi connectivity index (χ1v) is 5.54. The molecule has 100 valence electrons. The maximum Gasteiger partial charge on any atom is 0.456 e. The lowest BCUT2D eigenvalue weighted by atomic mass is 10.3. The molecule has 0 aliphatic rings. The molecule has 0 saturated heterocycles. The van der Waals surface area contributed by atoms with Gasteiger partial charge in [0.15, 0.2) is 5.69 Å². The second-order valence-corrected chi connectivity index (χ2v) is 4.31. The van der Waals surface area contributed by atoms with E-state index in [1.807, 2.05) is 0 Å². The largest absolute Gasteiger partial charge is 0.456 e. The number of aromatic nitrogens is 3. The van der Waals surface area contributed by atoms with E-state index < -0.39 is 17.7 Å². The summed E-state index contributed by atoms with van der Waals surface area (Å²) in [6.45, 7) is 0. The molecule has 0 spiro atoms. The third kappa shape index (κ3) is 2.87. The van der Waals surface area contributed by atoms with Crippen molar-refractivity contribution in [3.63, 3.8) is 0 Å². The number of rotatable bonds is 2. The van der Waals surface area contributed by atoms with Gasteiger partial charge in [-0.2, -0.15) is 13.2 Å². The predicted octanol–water partition coefficient (Wildman–Crippen LogP) is 3.32. The van der Waals surface area contributed by atoms with Crippen LogP contribution in [-0.4, -0.2) is 27.0 Å². The fourth-order valence-corrected chi connectivity index (χ4v) is 1.66. The maximum atomic E-state index is 12.2. The van der Waals surface area contributed by atoms with E-state index in [0.29, 0.717) is 5.02 Å². The zero-order valence-electron chi connectivity index (χ0n) is 8.95. The van der Waals surface area contributed by atoms with Crippen LogP contribution in [0.5, 0.6) is 0 Å². The molecule has 19 heavy (non-hydrogen) atoms. The molecule has 9 heteroatoms. The average molecular weight is 310 g/mol. The average Bonchev–Trinajstić information content (AvgIpc) is 2.79. The number of hydrogen-bond donors (Lipinski definition) is 0. The Morgan fingerprint density at radius 3 is 2.58 bits per heavy atom. The van der Waals surface area contributed by atoms with Crippen molar-refractivity contribution in [1.29, 1.82) is 0 Å². The molecule has 0 atom stereocenters. The molecule has 0 N–H and O–H groups in total. The highest BCUT2D eigenvalue weighted by Gasteiger charge is 2.41. The minimum Gasteiger partial charge on any atom is -0.282 e. The molecule has 4 nitrogen and oxygen atoms in total. The Kier molecular flexibility index (Phi) is 3.51. The molecule has 0 saturated carbocycles. The normalized spacial score (nSPS) is 11.6. The second kappa shape index (κ2) is 4.82. The molecule has 1 aromatic carbocycles. The Morgan fingerprint density at radius 1 is 1.26 bits per heavy atom. The summed E-state index contributed by atoms with van der Waals surface area (Å²) < 4.78 is 37.6. The zero-order valence-corrected chi connectivity index (χ0v) is 10.5. The van der Waals surface area contributed by atoms with Crippen LogP contribution in [0.1, 0.15) is 10.5 Å². The van der Waals surface area contributed by atoms with Crippen molar-refractivity contribution in [2.75, 3.05) is 0 Å². The van der Waals surface area contributed by atoms with Crippen molar-refractivity contribution >= 4 is 29.0 Å². The second-order valence-electron chi connectivity index (χ2n) is 3.47. The van der Waals surface area contributed by atoms with Crippen molar-refractivity contribution in [3.8, 4) is 5.69 Å². The third-order valence-corrected chi connectivity index (χ3v) is 2.69. The van der Waals surface area contributed by atoms with Crippen LogP contribution in [0.2, 0.25) is 10.0 Å². The van der Waals surface area contributed by atoms with Gasteiger partial charge in [0, 0.05) is 5.02 Å². The molecule has 1 aromatic heterocycles. The van der Waals surface area contributed by atoms with E-state index >= 15 is 0 Å². The summed E-state index contributed by atoms with van der Waals surface area (Å²) in [6, 6.07) is 4.35. The van der Waals surface area contributed by atoms with Gasteiger partial charge in [-0.3, -0.25) is 4.79 Å². The lowest BCUT2D eigenvalue weighted by Crippen LogP contribution is -2.23. The van der Waals surface area contributed by atoms with Gasteiger partial charge in [-0.05, 0) is 18.2 Å². The summed E-state index contributed by atoms with van der Waals surface area (Å²) in [5.41, 5.74) is -0.591. The Morgan fingerprint density at radius 2 is 1.95 bits per heavy atom. The molecule has 0 radical (unpaired) electrons. The number of hydrogen-bond acceptors (Lipinski definition) is 3. The van der Waals surface area contributed by atoms with Crippen molar-refractivity contribution in [1.82, 2.24) is 15.0 Å². The van der Waals surface area contributed by atoms with Gasteiger partial charge in [0.25, 0.3) is 5.78 Å². The molecule has 0 unspecified atom stereocenters. The van der Waals surface area contributed by atoms with Crippen molar-refractivity contribution in [3.05, 3.63) is 40.1 Å². The van der Waals surface area contributed by atoms with E-state index in [4.69, 9.17) is 23.2 Å². The molecule has 2 aromatic rings. The van der Waals surface area contributed by atoms with Crippen LogP contribution in [-0.2, 0) is 0 Å². The summed E-state index contributed by atoms with van der Waals surface area (Å²) in [6.07, 6.45) is -4.16. The number of carbonyl (C=O) groups is 1. The van der Waals surface area contributed by atoms with Crippen LogP contribution in [0.4, 0.5) is 13.2 Å². The number of benzene rings is 1. The van der Waals surface area contributed by atoms with Gasteiger partial charge in [0.2, 0.25) is 0 Å². The Bertz CT molecular complexity index is 639. The minimum atomic E-state index is -5.00. The first-order valence-electron chi connectivity index (χ1n) is 4.78. The van der Waals surface area contributed by atoms with Crippen molar-refractivity contribution in [2.45, 2.75) is 6.18 Å². The topological polar surface area (TPSA) is 47.8 Å². The Balaban J connectivity index is 2.42. The summed E-state index contributed by atoms with van der Waals surface area (Å²) in [7, 11) is 0. The van der Waals surface area contributed by atoms with E-state index in [0.717, 1.165) is 10.9 Å². The Hall–Kier alpha value is -1.60. The number of halogens is 5. The number of alkyl halides is 3. The quantitative estimate of drug-likeness (QED) is 0.800. The van der Waals surface area contributed by atoms with E-state index in [9.17, 15) is 18.0 Å². The highest BCUT2D eigenvalue weighted by molar-refractivity contribution is 6.34. The fourth-order valence-electron chi connectivity index (χ4n) is 1.29. The molecule has 0 amide bonds. The highest BCUT2D eigenvalue weighted by Crippen LogP contribution is 2.25. The molecule has 1 heterocycles. The van der Waals surface area contributed by atoms with Crippen LogP contribution < -0.4 is 0 Å². The zero-order chi connectivity index (χ0) is 14.2. The lowest BCUT2D eigenvalue weighted by Gasteiger charge is -2.03. The molecule has 0 fully saturated rings.